The number of amides is 2. The maximum atomic E-state index is 13.2. The van der Waals surface area contributed by atoms with Gasteiger partial charge in [0.1, 0.15) is 28.5 Å². The standard InChI is InChI=1S/C22H18ClFN8O.C18H10ClFN6O2.C9H4ClNO4.C9H10FN5/c23-18-14(21(33)31-8-7-13(25)10-31)5-6-15-17(18)19-20(26-15)27-22-29-28-16(32(22)30-19)9-11-1-3-12(24)4-2-11;19-14-10(17(27)28)5-6-11-13(14)15-16(21-11)22-18-24-23-12(26(18)25-15)7-8-1-3-9(20)4-2-8;10-6-3(9(14)15)1-2-4-5(6)7(12)8(13)11-4;10-7-3-1-6(2-4-7)5-8-13-14-9(11)15(8)12/h1-6,13H,7-10,25H2,(H,26,27,29);1-6H,7H2,(H,27,28)(H,21,22,24);1-2H,(H,14,15)(H,11,12,13);1-4H,5,12H2,(H2,11,14)/t13-;;;/m0.../s1. The van der Waals surface area contributed by atoms with E-state index in [2.05, 4.69) is 60.9 Å². The fourth-order valence-electron chi connectivity index (χ4n) is 10.0. The molecule has 91 heavy (non-hydrogen) atoms. The van der Waals surface area contributed by atoms with Crippen LogP contribution in [0, 0.1) is 17.5 Å². The first-order chi connectivity index (χ1) is 43.7. The zero-order valence-electron chi connectivity index (χ0n) is 46.4. The lowest BCUT2D eigenvalue weighted by Gasteiger charge is -2.16. The summed E-state index contributed by atoms with van der Waals surface area (Å²) in [7, 11) is 0. The number of ketones is 1. The van der Waals surface area contributed by atoms with E-state index >= 15 is 0 Å². The maximum Gasteiger partial charge on any atom is 0.337 e. The molecule has 458 valence electrons. The number of aromatic nitrogens is 15. The van der Waals surface area contributed by atoms with Crippen molar-refractivity contribution in [2.75, 3.05) is 30.0 Å². The molecule has 11 N–H and O–H groups in total. The van der Waals surface area contributed by atoms with Crippen LogP contribution >= 0.6 is 34.8 Å². The van der Waals surface area contributed by atoms with Gasteiger partial charge in [-0.3, -0.25) is 14.4 Å². The third-order valence-corrected chi connectivity index (χ3v) is 15.7. The number of hydrogen-bond acceptors (Lipinski definition) is 18. The van der Waals surface area contributed by atoms with Crippen LogP contribution in [-0.4, -0.2) is 138 Å². The number of benzene rings is 6. The molecule has 27 nitrogen and oxygen atoms in total. The SMILES string of the molecule is N[C@H]1CCN(C(=O)c2ccc3[nH]c4nc5nnc(Cc6ccc(F)cc6)n5nc4c3c2Cl)C1.Nc1nnc(Cc2ccc(F)cc2)n1N.O=C(O)c1ccc2[nH]c3nc4nnc(Cc5ccc(F)cc5)n4nc3c2c1Cl.O=C1Nc2ccc(C(=O)O)c(Cl)c2C1=O. The van der Waals surface area contributed by atoms with Crippen molar-refractivity contribution >= 4 is 132 Å². The number of H-pyrrole nitrogens is 2. The van der Waals surface area contributed by atoms with Crippen molar-refractivity contribution in [2.45, 2.75) is 31.7 Å². The van der Waals surface area contributed by atoms with E-state index in [9.17, 15) is 42.3 Å². The number of aromatic carboxylic acids is 2. The number of Topliss-reactive ketones (excluding diaryl/α,β-unsaturated/α-hetero) is 1. The van der Waals surface area contributed by atoms with Gasteiger partial charge in [-0.15, -0.1) is 30.6 Å². The van der Waals surface area contributed by atoms with Crippen LogP contribution in [0.25, 0.3) is 55.7 Å². The first-order valence-corrected chi connectivity index (χ1v) is 28.1. The fraction of sp³-hybridized carbons (Fsp3) is 0.121. The Bertz CT molecular complexity index is 5100. The molecule has 0 radical (unpaired) electrons. The number of carboxylic acid groups (broad SMARTS) is 2. The van der Waals surface area contributed by atoms with E-state index in [0.29, 0.717) is 110 Å². The van der Waals surface area contributed by atoms with Gasteiger partial charge in [-0.25, -0.2) is 27.4 Å². The molecule has 2 amide bonds. The van der Waals surface area contributed by atoms with Gasteiger partial charge in [0.15, 0.2) is 28.8 Å². The highest BCUT2D eigenvalue weighted by molar-refractivity contribution is 6.55. The van der Waals surface area contributed by atoms with Crippen molar-refractivity contribution in [3.63, 3.8) is 0 Å². The second-order valence-corrected chi connectivity index (χ2v) is 21.7. The Kier molecular flexibility index (Phi) is 16.1. The lowest BCUT2D eigenvalue weighted by Crippen LogP contribution is -2.32. The molecule has 1 atom stereocenters. The lowest BCUT2D eigenvalue weighted by molar-refractivity contribution is -0.112. The summed E-state index contributed by atoms with van der Waals surface area (Å²) in [5.74, 6) is 2.92. The van der Waals surface area contributed by atoms with Crippen molar-refractivity contribution in [1.82, 2.24) is 79.3 Å². The third-order valence-electron chi connectivity index (χ3n) is 14.6. The third kappa shape index (κ3) is 11.9. The minimum absolute atomic E-state index is 0.0167. The van der Waals surface area contributed by atoms with Gasteiger partial charge in [0, 0.05) is 49.2 Å². The summed E-state index contributed by atoms with van der Waals surface area (Å²) >= 11 is 18.8. The summed E-state index contributed by atoms with van der Waals surface area (Å²) in [6.45, 7) is 1.12. The van der Waals surface area contributed by atoms with Crippen molar-refractivity contribution in [3.05, 3.63) is 198 Å². The molecule has 0 aliphatic carbocycles. The van der Waals surface area contributed by atoms with Gasteiger partial charge in [-0.2, -0.15) is 29.2 Å². The molecule has 0 unspecified atom stereocenters. The Morgan fingerprint density at radius 3 is 1.47 bits per heavy atom. The van der Waals surface area contributed by atoms with E-state index in [4.69, 9.17) is 62.3 Å². The molecule has 13 aromatic rings. The number of nitrogens with two attached hydrogens (primary N) is 3. The number of hydrogen-bond donors (Lipinski definition) is 8. The Morgan fingerprint density at radius 2 is 1.02 bits per heavy atom. The molecular weight excluding hydrogens is 1250 g/mol. The highest BCUT2D eigenvalue weighted by atomic mass is 35.5. The quantitative estimate of drug-likeness (QED) is 0.0514. The van der Waals surface area contributed by atoms with Gasteiger partial charge in [0.05, 0.1) is 54.0 Å². The first kappa shape index (κ1) is 60.1. The molecule has 0 bridgehead atoms. The highest BCUT2D eigenvalue weighted by Crippen LogP contribution is 2.36. The van der Waals surface area contributed by atoms with Crippen molar-refractivity contribution in [2.24, 2.45) is 5.73 Å². The second-order valence-electron chi connectivity index (χ2n) is 20.5. The molecule has 33 heteroatoms. The van der Waals surface area contributed by atoms with Crippen LogP contribution in [-0.2, 0) is 24.1 Å². The zero-order valence-corrected chi connectivity index (χ0v) is 48.7. The number of likely N-dealkylation sites (tertiary alicyclic amines) is 1. The minimum atomic E-state index is -1.24. The van der Waals surface area contributed by atoms with Crippen LogP contribution in [0.15, 0.2) is 109 Å². The van der Waals surface area contributed by atoms with Crippen molar-refractivity contribution < 1.29 is 47.4 Å². The van der Waals surface area contributed by atoms with Crippen LogP contribution in [0.4, 0.5) is 24.8 Å². The predicted octanol–water partition coefficient (Wildman–Crippen LogP) is 7.42. The molecule has 1 saturated heterocycles. The molecule has 6 aromatic carbocycles. The number of anilines is 2. The Morgan fingerprint density at radius 1 is 0.582 bits per heavy atom. The summed E-state index contributed by atoms with van der Waals surface area (Å²) in [5, 5.41) is 54.8. The number of aromatic amines is 2. The van der Waals surface area contributed by atoms with E-state index in [0.717, 1.165) is 23.1 Å². The monoisotopic (exact) mass is 1290 g/mol. The van der Waals surface area contributed by atoms with Gasteiger partial charge >= 0.3 is 11.9 Å². The topological polar surface area (TPSA) is 393 Å². The van der Waals surface area contributed by atoms with E-state index in [1.165, 1.54) is 63.8 Å². The number of nitrogen functional groups attached to an aromatic ring is 2. The van der Waals surface area contributed by atoms with Crippen molar-refractivity contribution in [3.8, 4) is 0 Å². The summed E-state index contributed by atoms with van der Waals surface area (Å²) in [6.07, 6.45) is 2.02. The van der Waals surface area contributed by atoms with Crippen LogP contribution < -0.4 is 22.6 Å². The van der Waals surface area contributed by atoms with E-state index in [1.807, 2.05) is 0 Å². The smallest absolute Gasteiger partial charge is 0.337 e. The Hall–Kier alpha value is -11.2. The highest BCUT2D eigenvalue weighted by Gasteiger charge is 2.33. The number of fused-ring (bicyclic) bond motifs is 9. The van der Waals surface area contributed by atoms with E-state index < -0.39 is 23.6 Å². The first-order valence-electron chi connectivity index (χ1n) is 27.0. The Labute approximate surface area is 521 Å². The average molecular weight is 1290 g/mol. The van der Waals surface area contributed by atoms with Gasteiger partial charge in [-0.1, -0.05) is 71.2 Å². The molecule has 9 heterocycles. The number of carbonyl (C=O) groups is 5. The van der Waals surface area contributed by atoms with E-state index in [1.54, 1.807) is 64.0 Å². The van der Waals surface area contributed by atoms with Gasteiger partial charge < -0.3 is 47.7 Å². The van der Waals surface area contributed by atoms with Crippen LogP contribution in [0.1, 0.15) is 82.0 Å². The van der Waals surface area contributed by atoms with Crippen molar-refractivity contribution in [1.29, 1.82) is 0 Å². The molecule has 2 aliphatic heterocycles. The normalized spacial score (nSPS) is 13.5. The number of carboxylic acids is 2. The molecule has 15 rings (SSSR count). The summed E-state index contributed by atoms with van der Waals surface area (Å²) < 4.78 is 43.2. The zero-order chi connectivity index (χ0) is 64.1. The van der Waals surface area contributed by atoms with Crippen LogP contribution in [0.5, 0.6) is 0 Å². The van der Waals surface area contributed by atoms with E-state index in [-0.39, 0.29) is 73.5 Å². The van der Waals surface area contributed by atoms with Gasteiger partial charge in [-0.05, 0) is 95.9 Å². The number of halogens is 6. The molecule has 2 aliphatic rings. The number of nitrogens with one attached hydrogen (secondary N) is 3. The molecule has 7 aromatic heterocycles. The Balaban J connectivity index is 0.000000124. The minimum Gasteiger partial charge on any atom is -0.478 e. The number of carbonyl (C=O) groups excluding carboxylic acids is 3. The predicted molar refractivity (Wildman–Crippen MR) is 325 cm³/mol. The number of rotatable bonds is 9. The molecular formula is C58H42Cl3F3N20O7. The molecule has 1 fully saturated rings. The summed E-state index contributed by atoms with van der Waals surface area (Å²) in [4.78, 5) is 74.4. The summed E-state index contributed by atoms with van der Waals surface area (Å²) in [6, 6.07) is 27.4. The lowest BCUT2D eigenvalue weighted by atomic mass is 10.1. The second kappa shape index (κ2) is 24.4. The van der Waals surface area contributed by atoms with Gasteiger partial charge in [0.2, 0.25) is 5.95 Å². The molecule has 0 spiro atoms. The molecule has 0 saturated carbocycles. The fourth-order valence-corrected chi connectivity index (χ4v) is 11.0. The van der Waals surface area contributed by atoms with Gasteiger partial charge in [0.25, 0.3) is 29.2 Å². The maximum absolute atomic E-state index is 13.2. The van der Waals surface area contributed by atoms with Crippen LogP contribution in [0.2, 0.25) is 15.1 Å². The average Bonchev–Trinajstić information content (AvgIpc) is 1.63. The summed E-state index contributed by atoms with van der Waals surface area (Å²) in [5.41, 5.74) is 17.5. The largest absolute Gasteiger partial charge is 0.478 e. The van der Waals surface area contributed by atoms with Crippen LogP contribution in [0.3, 0.4) is 0 Å². The number of nitrogens with zero attached hydrogens (tertiary/aromatic N) is 14.